The topological polar surface area (TPSA) is 104 Å². The van der Waals surface area contributed by atoms with E-state index in [4.69, 9.17) is 5.11 Å². The quantitative estimate of drug-likeness (QED) is 0.255. The van der Waals surface area contributed by atoms with Crippen LogP contribution >= 0.6 is 0 Å². The van der Waals surface area contributed by atoms with E-state index in [1.165, 1.54) is 61.9 Å². The van der Waals surface area contributed by atoms with E-state index >= 15 is 0 Å². The zero-order valence-corrected chi connectivity index (χ0v) is 25.8. The SMILES string of the molecule is C#C.C#C.C1CCCCC1.CC(N)=O.CO.O=S(c1ccc(F)cc1)N1CCCc2cc(C(O)(C(F)(F)F)C(F)(F)F)ccc21. The fourth-order valence-corrected chi connectivity index (χ4v) is 5.46. The summed E-state index contributed by atoms with van der Waals surface area (Å²) >= 11 is 0. The van der Waals surface area contributed by atoms with Gasteiger partial charge in [-0.2, -0.15) is 26.3 Å². The summed E-state index contributed by atoms with van der Waals surface area (Å²) in [6.45, 7) is 1.54. The predicted molar refractivity (Wildman–Crippen MR) is 161 cm³/mol. The van der Waals surface area contributed by atoms with Crippen LogP contribution in [0.3, 0.4) is 0 Å². The van der Waals surface area contributed by atoms with E-state index in [0.29, 0.717) is 18.6 Å². The lowest BCUT2D eigenvalue weighted by molar-refractivity contribution is -0.376. The molecule has 14 heteroatoms. The highest BCUT2D eigenvalue weighted by molar-refractivity contribution is 7.86. The molecule has 252 valence electrons. The Morgan fingerprint density at radius 2 is 1.22 bits per heavy atom. The van der Waals surface area contributed by atoms with Crippen LogP contribution < -0.4 is 10.0 Å². The Kier molecular flexibility index (Phi) is 20.5. The minimum Gasteiger partial charge on any atom is -0.400 e. The van der Waals surface area contributed by atoms with Gasteiger partial charge in [0.15, 0.2) is 11.0 Å². The van der Waals surface area contributed by atoms with Gasteiger partial charge in [0.05, 0.1) is 10.6 Å². The fourth-order valence-electron chi connectivity index (χ4n) is 4.19. The number of aliphatic hydroxyl groups excluding tert-OH is 1. The highest BCUT2D eigenvalue weighted by atomic mass is 32.2. The average molecular weight is 669 g/mol. The molecular formula is C31H39F7N2O4S. The van der Waals surface area contributed by atoms with Gasteiger partial charge in [0, 0.05) is 26.1 Å². The second-order valence-corrected chi connectivity index (χ2v) is 10.6. The van der Waals surface area contributed by atoms with Crippen molar-refractivity contribution in [3.63, 3.8) is 0 Å². The number of aryl methyl sites for hydroxylation is 1. The lowest BCUT2D eigenvalue weighted by Gasteiger charge is -2.35. The molecule has 2 aromatic rings. The molecule has 0 aromatic heterocycles. The standard InChI is InChI=1S/C18H14F7NO2S.C6H12.C2H5NO.2C2H2.CH4O/c19-13-4-6-14(7-5-13)29(28)26-9-1-2-11-10-12(3-8-15(11)26)16(27,17(20,21)22)18(23,24)25;1-2-4-6-5-3-1;1-2(3)4;3*1-2/h3-8,10,27H,1-2,9H2;1-6H2;1H3,(H2,3,4);2*1-2H;2H,1H3. The van der Waals surface area contributed by atoms with Crippen molar-refractivity contribution in [3.8, 4) is 25.7 Å². The molecule has 4 N–H and O–H groups in total. The molecule has 1 saturated carbocycles. The molecule has 45 heavy (non-hydrogen) atoms. The van der Waals surface area contributed by atoms with E-state index in [2.05, 4.69) is 31.4 Å². The summed E-state index contributed by atoms with van der Waals surface area (Å²) in [5.74, 6) is -0.881. The summed E-state index contributed by atoms with van der Waals surface area (Å²) in [4.78, 5) is 9.45. The van der Waals surface area contributed by atoms with E-state index < -0.39 is 40.3 Å². The van der Waals surface area contributed by atoms with Crippen molar-refractivity contribution >= 4 is 22.6 Å². The van der Waals surface area contributed by atoms with E-state index in [9.17, 15) is 44.8 Å². The summed E-state index contributed by atoms with van der Waals surface area (Å²) in [6, 6.07) is 6.89. The number of primary amides is 1. The maximum atomic E-state index is 13.1. The van der Waals surface area contributed by atoms with Crippen LogP contribution in [0.4, 0.5) is 36.4 Å². The third-order valence-corrected chi connectivity index (χ3v) is 7.56. The van der Waals surface area contributed by atoms with Gasteiger partial charge in [-0.15, -0.1) is 25.7 Å². The maximum Gasteiger partial charge on any atom is 0.430 e. The number of alkyl halides is 6. The largest absolute Gasteiger partial charge is 0.430 e. The van der Waals surface area contributed by atoms with Crippen molar-refractivity contribution < 1.29 is 49.9 Å². The van der Waals surface area contributed by atoms with Crippen molar-refractivity contribution in [1.29, 1.82) is 0 Å². The molecule has 1 fully saturated rings. The second kappa shape index (κ2) is 21.2. The van der Waals surface area contributed by atoms with Crippen molar-refractivity contribution in [2.75, 3.05) is 18.0 Å². The summed E-state index contributed by atoms with van der Waals surface area (Å²) in [5, 5.41) is 16.6. The molecule has 1 amide bonds. The zero-order chi connectivity index (χ0) is 35.4. The molecule has 2 aromatic carbocycles. The molecule has 0 saturated heterocycles. The van der Waals surface area contributed by atoms with Crippen molar-refractivity contribution in [2.24, 2.45) is 5.73 Å². The Morgan fingerprint density at radius 1 is 0.822 bits per heavy atom. The maximum absolute atomic E-state index is 13.1. The van der Waals surface area contributed by atoms with Gasteiger partial charge in [-0.3, -0.25) is 9.10 Å². The van der Waals surface area contributed by atoms with E-state index in [0.717, 1.165) is 25.3 Å². The van der Waals surface area contributed by atoms with Gasteiger partial charge in [-0.25, -0.2) is 8.60 Å². The number of fused-ring (bicyclic) bond motifs is 1. The third kappa shape index (κ3) is 13.1. The molecule has 0 radical (unpaired) electrons. The lowest BCUT2D eigenvalue weighted by atomic mass is 9.89. The summed E-state index contributed by atoms with van der Waals surface area (Å²) in [7, 11) is -0.842. The Bertz CT molecular complexity index is 1170. The summed E-state index contributed by atoms with van der Waals surface area (Å²) in [5.41, 5.74) is -1.62. The number of amides is 1. The zero-order valence-electron chi connectivity index (χ0n) is 25.0. The molecule has 1 aliphatic carbocycles. The number of rotatable bonds is 3. The van der Waals surface area contributed by atoms with Crippen LogP contribution in [-0.4, -0.2) is 46.3 Å². The molecule has 1 atom stereocenters. The number of carbonyl (C=O) groups excluding carboxylic acids is 1. The number of hydrogen-bond acceptors (Lipinski definition) is 4. The third-order valence-electron chi connectivity index (χ3n) is 6.11. The smallest absolute Gasteiger partial charge is 0.400 e. The van der Waals surface area contributed by atoms with Gasteiger partial charge in [-0.1, -0.05) is 50.7 Å². The number of hydrogen-bond donors (Lipinski definition) is 3. The monoisotopic (exact) mass is 668 g/mol. The van der Waals surface area contributed by atoms with E-state index in [-0.39, 0.29) is 35.0 Å². The second-order valence-electron chi connectivity index (χ2n) is 9.19. The molecule has 0 spiro atoms. The number of nitrogens with two attached hydrogens (primary N) is 1. The highest BCUT2D eigenvalue weighted by Crippen LogP contribution is 2.50. The van der Waals surface area contributed by atoms with Crippen LogP contribution in [0.25, 0.3) is 0 Å². The number of carbonyl (C=O) groups is 1. The van der Waals surface area contributed by atoms with Crippen LogP contribution in [0.5, 0.6) is 0 Å². The molecule has 1 heterocycles. The molecule has 1 unspecified atom stereocenters. The molecule has 1 aliphatic heterocycles. The minimum atomic E-state index is -5.98. The first-order valence-corrected chi connectivity index (χ1v) is 14.5. The van der Waals surface area contributed by atoms with Crippen LogP contribution in [0.15, 0.2) is 47.4 Å². The molecule has 0 bridgehead atoms. The van der Waals surface area contributed by atoms with Gasteiger partial charge in [0.1, 0.15) is 5.82 Å². The highest BCUT2D eigenvalue weighted by Gasteiger charge is 2.71. The first-order valence-electron chi connectivity index (χ1n) is 13.4. The molecule has 2 aliphatic rings. The molecule has 4 rings (SSSR count). The van der Waals surface area contributed by atoms with Gasteiger partial charge < -0.3 is 15.9 Å². The van der Waals surface area contributed by atoms with Crippen LogP contribution in [0.2, 0.25) is 0 Å². The van der Waals surface area contributed by atoms with E-state index in [1.54, 1.807) is 0 Å². The Balaban J connectivity index is 0. The minimum absolute atomic E-state index is 0.0936. The van der Waals surface area contributed by atoms with Crippen molar-refractivity contribution in [1.82, 2.24) is 0 Å². The van der Waals surface area contributed by atoms with Crippen LogP contribution in [0, 0.1) is 31.5 Å². The Hall–Kier alpha value is -3.59. The fraction of sp³-hybridized carbons (Fsp3) is 0.452. The van der Waals surface area contributed by atoms with Crippen molar-refractivity contribution in [3.05, 3.63) is 59.4 Å². The first-order chi connectivity index (χ1) is 21.1. The number of nitrogens with zero attached hydrogens (tertiary/aromatic N) is 1. The molecular weight excluding hydrogens is 629 g/mol. The van der Waals surface area contributed by atoms with Crippen molar-refractivity contribution in [2.45, 2.75) is 81.1 Å². The van der Waals surface area contributed by atoms with Crippen LogP contribution in [0.1, 0.15) is 63.0 Å². The summed E-state index contributed by atoms with van der Waals surface area (Å²) < 4.78 is 106. The van der Waals surface area contributed by atoms with Crippen LogP contribution in [-0.2, 0) is 27.8 Å². The average Bonchev–Trinajstić information content (AvgIpc) is 3.03. The number of anilines is 1. The van der Waals surface area contributed by atoms with Gasteiger partial charge in [-0.05, 0) is 48.7 Å². The number of aliphatic hydroxyl groups is 2. The number of terminal acetylenes is 2. The predicted octanol–water partition coefficient (Wildman–Crippen LogP) is 6.55. The number of benzene rings is 2. The lowest BCUT2D eigenvalue weighted by Crippen LogP contribution is -2.54. The molecule has 6 nitrogen and oxygen atoms in total. The van der Waals surface area contributed by atoms with Gasteiger partial charge in [0.25, 0.3) is 5.60 Å². The number of halogens is 7. The van der Waals surface area contributed by atoms with Gasteiger partial charge in [0.2, 0.25) is 5.91 Å². The van der Waals surface area contributed by atoms with Gasteiger partial charge >= 0.3 is 12.4 Å². The van der Waals surface area contributed by atoms with E-state index in [1.807, 2.05) is 0 Å². The summed E-state index contributed by atoms with van der Waals surface area (Å²) in [6.07, 6.45) is 13.5. The Morgan fingerprint density at radius 3 is 1.60 bits per heavy atom. The Labute approximate surface area is 262 Å². The first kappa shape index (κ1) is 43.5. The normalized spacial score (nSPS) is 14.6.